The van der Waals surface area contributed by atoms with Gasteiger partial charge in [-0.1, -0.05) is 48.0 Å². The summed E-state index contributed by atoms with van der Waals surface area (Å²) in [6.45, 7) is 4.94. The molecule has 2 fully saturated rings. The molecule has 0 spiro atoms. The Bertz CT molecular complexity index is 1170. The first-order valence-electron chi connectivity index (χ1n) is 10.9. The standard InChI is InChI=1S/C25H27N3O2/c1-14-6-4-7-16(12-14)17-8-5-9-18-19-10-11-28-21(24(19)26-23(17)18)13-20-22(25(28)29)15(2)30-27(20)3/h4-9,12,15,20-22,26H,10-11,13H2,1-3H3/t15-,20-,21-,22-/m0/s1. The molecule has 1 aromatic heterocycles. The first kappa shape index (κ1) is 18.2. The van der Waals surface area contributed by atoms with E-state index in [4.69, 9.17) is 4.84 Å². The number of nitrogens with zero attached hydrogens (tertiary/aromatic N) is 2. The van der Waals surface area contributed by atoms with Gasteiger partial charge in [-0.25, -0.2) is 0 Å². The molecule has 2 saturated heterocycles. The highest BCUT2D eigenvalue weighted by molar-refractivity contribution is 5.97. The molecule has 1 N–H and O–H groups in total. The van der Waals surface area contributed by atoms with E-state index in [1.807, 2.05) is 19.0 Å². The number of hydrogen-bond donors (Lipinski definition) is 1. The SMILES string of the molecule is Cc1cccc(-c2cccc3c4c([nH]c23)[C@@H]2C[C@H]3[C@@H](C(=O)N2CC4)[C@H](C)ON3C)c1. The molecule has 3 aliphatic heterocycles. The lowest BCUT2D eigenvalue weighted by atomic mass is 9.80. The maximum Gasteiger partial charge on any atom is 0.230 e. The van der Waals surface area contributed by atoms with Crippen molar-refractivity contribution in [3.8, 4) is 11.1 Å². The van der Waals surface area contributed by atoms with Crippen molar-refractivity contribution in [1.29, 1.82) is 0 Å². The molecule has 0 saturated carbocycles. The number of H-pyrrole nitrogens is 1. The lowest BCUT2D eigenvalue weighted by Gasteiger charge is -2.44. The van der Waals surface area contributed by atoms with E-state index in [0.29, 0.717) is 0 Å². The normalized spacial score (nSPS) is 28.5. The number of benzene rings is 2. The molecule has 2 aromatic carbocycles. The zero-order valence-electron chi connectivity index (χ0n) is 17.7. The van der Waals surface area contributed by atoms with E-state index in [9.17, 15) is 4.79 Å². The van der Waals surface area contributed by atoms with E-state index in [2.05, 4.69) is 59.3 Å². The zero-order chi connectivity index (χ0) is 20.6. The van der Waals surface area contributed by atoms with Gasteiger partial charge < -0.3 is 9.88 Å². The van der Waals surface area contributed by atoms with E-state index in [1.54, 1.807) is 0 Å². The van der Waals surface area contributed by atoms with Crippen LogP contribution in [0.2, 0.25) is 0 Å². The van der Waals surface area contributed by atoms with Gasteiger partial charge >= 0.3 is 0 Å². The maximum absolute atomic E-state index is 13.4. The molecule has 0 unspecified atom stereocenters. The summed E-state index contributed by atoms with van der Waals surface area (Å²) < 4.78 is 0. The second-order valence-electron chi connectivity index (χ2n) is 9.10. The minimum Gasteiger partial charge on any atom is -0.356 e. The van der Waals surface area contributed by atoms with Crippen molar-refractivity contribution < 1.29 is 9.63 Å². The second kappa shape index (κ2) is 6.43. The molecular formula is C25H27N3O2. The molecule has 5 heteroatoms. The van der Waals surface area contributed by atoms with Gasteiger partial charge in [-0.05, 0) is 37.8 Å². The van der Waals surface area contributed by atoms with Crippen molar-refractivity contribution in [2.24, 2.45) is 5.92 Å². The van der Waals surface area contributed by atoms with Crippen LogP contribution >= 0.6 is 0 Å². The summed E-state index contributed by atoms with van der Waals surface area (Å²) in [5, 5.41) is 3.21. The molecule has 30 heavy (non-hydrogen) atoms. The molecule has 5 nitrogen and oxygen atoms in total. The highest BCUT2D eigenvalue weighted by Gasteiger charge is 2.53. The summed E-state index contributed by atoms with van der Waals surface area (Å²) in [6.07, 6.45) is 1.76. The van der Waals surface area contributed by atoms with Crippen LogP contribution in [0, 0.1) is 12.8 Å². The van der Waals surface area contributed by atoms with Crippen LogP contribution in [0.5, 0.6) is 0 Å². The fourth-order valence-electron chi connectivity index (χ4n) is 5.98. The molecule has 4 atom stereocenters. The number of rotatable bonds is 1. The Labute approximate surface area is 176 Å². The van der Waals surface area contributed by atoms with Crippen LogP contribution in [0.1, 0.15) is 36.2 Å². The average molecular weight is 402 g/mol. The Morgan fingerprint density at radius 3 is 2.83 bits per heavy atom. The van der Waals surface area contributed by atoms with Crippen LogP contribution in [0.15, 0.2) is 42.5 Å². The van der Waals surface area contributed by atoms with Gasteiger partial charge in [-0.15, -0.1) is 0 Å². The van der Waals surface area contributed by atoms with Crippen LogP contribution in [-0.4, -0.2) is 46.6 Å². The number of para-hydroxylation sites is 1. The minimum atomic E-state index is -0.0555. The van der Waals surface area contributed by atoms with Crippen molar-refractivity contribution in [3.05, 3.63) is 59.3 Å². The number of nitrogens with one attached hydrogen (secondary N) is 1. The summed E-state index contributed by atoms with van der Waals surface area (Å²) in [6, 6.07) is 15.5. The Hall–Kier alpha value is -2.63. The average Bonchev–Trinajstić information content (AvgIpc) is 3.25. The molecule has 154 valence electrons. The van der Waals surface area contributed by atoms with Gasteiger partial charge in [0, 0.05) is 30.2 Å². The topological polar surface area (TPSA) is 48.6 Å². The number of hydroxylamine groups is 2. The summed E-state index contributed by atoms with van der Waals surface area (Å²) in [5.74, 6) is 0.191. The van der Waals surface area contributed by atoms with Gasteiger partial charge in [0.2, 0.25) is 5.91 Å². The molecule has 0 bridgehead atoms. The molecule has 3 aromatic rings. The Morgan fingerprint density at radius 1 is 1.17 bits per heavy atom. The predicted molar refractivity (Wildman–Crippen MR) is 117 cm³/mol. The van der Waals surface area contributed by atoms with Crippen LogP contribution in [0.3, 0.4) is 0 Å². The summed E-state index contributed by atoms with van der Waals surface area (Å²) >= 11 is 0. The fraction of sp³-hybridized carbons (Fsp3) is 0.400. The smallest absolute Gasteiger partial charge is 0.230 e. The van der Waals surface area contributed by atoms with Gasteiger partial charge in [-0.2, -0.15) is 5.06 Å². The number of carbonyl (C=O) groups excluding carboxylic acids is 1. The Morgan fingerprint density at radius 2 is 2.00 bits per heavy atom. The van der Waals surface area contributed by atoms with Gasteiger partial charge in [-0.3, -0.25) is 9.63 Å². The Balaban J connectivity index is 1.48. The lowest BCUT2D eigenvalue weighted by molar-refractivity contribution is -0.146. The third-order valence-electron chi connectivity index (χ3n) is 7.37. The van der Waals surface area contributed by atoms with Crippen molar-refractivity contribution >= 4 is 16.8 Å². The first-order chi connectivity index (χ1) is 14.5. The number of hydrogen-bond acceptors (Lipinski definition) is 3. The van der Waals surface area contributed by atoms with E-state index >= 15 is 0 Å². The zero-order valence-corrected chi connectivity index (χ0v) is 17.7. The van der Waals surface area contributed by atoms with Crippen LogP contribution in [0.25, 0.3) is 22.0 Å². The predicted octanol–water partition coefficient (Wildman–Crippen LogP) is 4.22. The molecule has 6 rings (SSSR count). The monoisotopic (exact) mass is 401 g/mol. The first-order valence-corrected chi connectivity index (χ1v) is 10.9. The molecule has 1 amide bonds. The highest BCUT2D eigenvalue weighted by atomic mass is 16.7. The summed E-state index contributed by atoms with van der Waals surface area (Å²) in [4.78, 5) is 25.1. The number of aromatic nitrogens is 1. The van der Waals surface area contributed by atoms with Crippen LogP contribution < -0.4 is 0 Å². The molecule has 0 aliphatic carbocycles. The lowest BCUT2D eigenvalue weighted by Crippen LogP contribution is -2.54. The van der Waals surface area contributed by atoms with Gasteiger partial charge in [0.15, 0.2) is 0 Å². The van der Waals surface area contributed by atoms with Gasteiger partial charge in [0.25, 0.3) is 0 Å². The van der Waals surface area contributed by atoms with Crippen molar-refractivity contribution in [2.45, 2.75) is 44.9 Å². The number of carbonyl (C=O) groups is 1. The van der Waals surface area contributed by atoms with Crippen molar-refractivity contribution in [1.82, 2.24) is 14.9 Å². The number of aryl methyl sites for hydroxylation is 1. The molecule has 4 heterocycles. The molecular weight excluding hydrogens is 374 g/mol. The van der Waals surface area contributed by atoms with E-state index in [0.717, 1.165) is 19.4 Å². The number of piperidine rings is 1. The van der Waals surface area contributed by atoms with Crippen LogP contribution in [0.4, 0.5) is 0 Å². The highest BCUT2D eigenvalue weighted by Crippen LogP contribution is 2.46. The van der Waals surface area contributed by atoms with Crippen molar-refractivity contribution in [3.63, 3.8) is 0 Å². The largest absolute Gasteiger partial charge is 0.356 e. The van der Waals surface area contributed by atoms with E-state index in [1.165, 1.54) is 38.9 Å². The second-order valence-corrected chi connectivity index (χ2v) is 9.10. The number of amides is 1. The third-order valence-corrected chi connectivity index (χ3v) is 7.37. The summed E-state index contributed by atoms with van der Waals surface area (Å²) in [5.41, 5.74) is 7.50. The summed E-state index contributed by atoms with van der Waals surface area (Å²) in [7, 11) is 1.97. The van der Waals surface area contributed by atoms with Crippen molar-refractivity contribution in [2.75, 3.05) is 13.6 Å². The number of aromatic amines is 1. The third kappa shape index (κ3) is 2.45. The Kier molecular flexibility index (Phi) is 3.89. The minimum absolute atomic E-state index is 0.0505. The van der Waals surface area contributed by atoms with E-state index in [-0.39, 0.29) is 30.0 Å². The van der Waals surface area contributed by atoms with E-state index < -0.39 is 0 Å². The number of fused-ring (bicyclic) bond motifs is 6. The van der Waals surface area contributed by atoms with Gasteiger partial charge in [0.1, 0.15) is 0 Å². The molecule has 0 radical (unpaired) electrons. The molecule has 3 aliphatic rings. The van der Waals surface area contributed by atoms with Crippen LogP contribution in [-0.2, 0) is 16.1 Å². The quantitative estimate of drug-likeness (QED) is 0.664. The fourth-order valence-corrected chi connectivity index (χ4v) is 5.98. The maximum atomic E-state index is 13.4. The van der Waals surface area contributed by atoms with Gasteiger partial charge in [0.05, 0.1) is 29.6 Å².